The molecule has 29 heavy (non-hydrogen) atoms. The van der Waals surface area contributed by atoms with Gasteiger partial charge in [0.2, 0.25) is 5.91 Å². The van der Waals surface area contributed by atoms with Gasteiger partial charge in [-0.2, -0.15) is 0 Å². The van der Waals surface area contributed by atoms with E-state index < -0.39 is 0 Å². The van der Waals surface area contributed by atoms with E-state index in [2.05, 4.69) is 30.0 Å². The van der Waals surface area contributed by atoms with Gasteiger partial charge >= 0.3 is 0 Å². The molecule has 2 aliphatic rings. The van der Waals surface area contributed by atoms with Crippen LogP contribution in [0.2, 0.25) is 0 Å². The highest BCUT2D eigenvalue weighted by Crippen LogP contribution is 2.34. The van der Waals surface area contributed by atoms with Crippen LogP contribution < -0.4 is 4.90 Å². The number of nitrogens with zero attached hydrogens (tertiary/aromatic N) is 4. The molecule has 150 valence electrons. The quantitative estimate of drug-likeness (QED) is 0.664. The predicted molar refractivity (Wildman–Crippen MR) is 111 cm³/mol. The summed E-state index contributed by atoms with van der Waals surface area (Å²) in [5.41, 5.74) is 2.25. The monoisotopic (exact) mass is 410 g/mol. The van der Waals surface area contributed by atoms with Crippen molar-refractivity contribution in [1.29, 1.82) is 0 Å². The summed E-state index contributed by atoms with van der Waals surface area (Å²) in [7, 11) is 0. The molecule has 0 N–H and O–H groups in total. The highest BCUT2D eigenvalue weighted by molar-refractivity contribution is 7.22. The smallest absolute Gasteiger partial charge is 0.289 e. The summed E-state index contributed by atoms with van der Waals surface area (Å²) >= 11 is 1.68. The molecule has 0 saturated carbocycles. The number of aromatic nitrogens is 1. The summed E-state index contributed by atoms with van der Waals surface area (Å²) in [6, 6.07) is 9.66. The second-order valence-electron chi connectivity index (χ2n) is 7.66. The van der Waals surface area contributed by atoms with Crippen LogP contribution in [0.25, 0.3) is 10.2 Å². The Morgan fingerprint density at radius 3 is 2.59 bits per heavy atom. The number of aryl methyl sites for hydroxylation is 1. The number of benzene rings is 1. The van der Waals surface area contributed by atoms with E-state index >= 15 is 0 Å². The largest absolute Gasteiger partial charge is 0.459 e. The van der Waals surface area contributed by atoms with Crippen molar-refractivity contribution < 1.29 is 14.0 Å². The minimum Gasteiger partial charge on any atom is -0.459 e. The minimum atomic E-state index is -0.108. The standard InChI is InChI=1S/C21H22N4O3S/c1-14-4-5-16-18(11-14)29-21(22-16)25-12-15(13-25)19(26)23-6-8-24(9-7-23)20(27)17-3-2-10-28-17/h2-5,10-11,15H,6-9,12-13H2,1H3. The molecule has 0 radical (unpaired) electrons. The number of anilines is 1. The molecule has 0 aliphatic carbocycles. The summed E-state index contributed by atoms with van der Waals surface area (Å²) in [5, 5.41) is 0.989. The molecule has 3 aromatic rings. The zero-order chi connectivity index (χ0) is 20.0. The number of thiazole rings is 1. The van der Waals surface area contributed by atoms with Crippen LogP contribution in [-0.4, -0.2) is 65.9 Å². The lowest BCUT2D eigenvalue weighted by molar-refractivity contribution is -0.137. The second-order valence-corrected chi connectivity index (χ2v) is 8.67. The van der Waals surface area contributed by atoms with E-state index in [9.17, 15) is 9.59 Å². The lowest BCUT2D eigenvalue weighted by atomic mass is 9.99. The maximum atomic E-state index is 12.8. The van der Waals surface area contributed by atoms with Gasteiger partial charge in [-0.05, 0) is 36.8 Å². The van der Waals surface area contributed by atoms with Gasteiger partial charge in [0, 0.05) is 39.3 Å². The van der Waals surface area contributed by atoms with E-state index in [1.54, 1.807) is 28.4 Å². The first-order valence-electron chi connectivity index (χ1n) is 9.82. The third kappa shape index (κ3) is 3.37. The van der Waals surface area contributed by atoms with Gasteiger partial charge in [0.05, 0.1) is 22.4 Å². The Hall–Kier alpha value is -2.87. The third-order valence-electron chi connectivity index (χ3n) is 5.64. The number of hydrogen-bond acceptors (Lipinski definition) is 6. The van der Waals surface area contributed by atoms with Gasteiger partial charge in [-0.15, -0.1) is 0 Å². The van der Waals surface area contributed by atoms with Crippen LogP contribution in [-0.2, 0) is 4.79 Å². The van der Waals surface area contributed by atoms with Gasteiger partial charge in [-0.25, -0.2) is 4.98 Å². The van der Waals surface area contributed by atoms with Crippen LogP contribution in [0.1, 0.15) is 16.1 Å². The Morgan fingerprint density at radius 2 is 1.86 bits per heavy atom. The van der Waals surface area contributed by atoms with Crippen molar-refractivity contribution in [3.8, 4) is 0 Å². The molecule has 1 aromatic carbocycles. The SMILES string of the molecule is Cc1ccc2nc(N3CC(C(=O)N4CCN(C(=O)c5ccco5)CC4)C3)sc2c1. The Labute approximate surface area is 172 Å². The van der Waals surface area contributed by atoms with Gasteiger partial charge in [-0.1, -0.05) is 17.4 Å². The molecule has 4 heterocycles. The Morgan fingerprint density at radius 1 is 1.10 bits per heavy atom. The van der Waals surface area contributed by atoms with Crippen LogP contribution in [0.5, 0.6) is 0 Å². The number of rotatable bonds is 3. The first-order valence-corrected chi connectivity index (χ1v) is 10.6. The number of hydrogen-bond donors (Lipinski definition) is 0. The molecular weight excluding hydrogens is 388 g/mol. The fourth-order valence-electron chi connectivity index (χ4n) is 3.89. The Kier molecular flexibility index (Phi) is 4.50. The lowest BCUT2D eigenvalue weighted by Gasteiger charge is -2.42. The highest BCUT2D eigenvalue weighted by atomic mass is 32.1. The lowest BCUT2D eigenvalue weighted by Crippen LogP contribution is -2.58. The Balaban J connectivity index is 1.15. The summed E-state index contributed by atoms with van der Waals surface area (Å²) in [6.45, 7) is 5.73. The van der Waals surface area contributed by atoms with Crippen molar-refractivity contribution in [1.82, 2.24) is 14.8 Å². The topological polar surface area (TPSA) is 69.9 Å². The van der Waals surface area contributed by atoms with E-state index in [-0.39, 0.29) is 17.7 Å². The number of piperazine rings is 1. The van der Waals surface area contributed by atoms with Gasteiger partial charge in [0.25, 0.3) is 5.91 Å². The van der Waals surface area contributed by atoms with Gasteiger partial charge < -0.3 is 19.1 Å². The van der Waals surface area contributed by atoms with Crippen LogP contribution in [0.4, 0.5) is 5.13 Å². The fraction of sp³-hybridized carbons (Fsp3) is 0.381. The van der Waals surface area contributed by atoms with Crippen LogP contribution >= 0.6 is 11.3 Å². The molecule has 0 bridgehead atoms. The van der Waals surface area contributed by atoms with Crippen molar-refractivity contribution in [2.75, 3.05) is 44.2 Å². The van der Waals surface area contributed by atoms with Crippen LogP contribution in [0.3, 0.4) is 0 Å². The maximum Gasteiger partial charge on any atom is 0.289 e. The van der Waals surface area contributed by atoms with E-state index in [0.29, 0.717) is 45.0 Å². The highest BCUT2D eigenvalue weighted by Gasteiger charge is 2.38. The Bertz CT molecular complexity index is 1050. The van der Waals surface area contributed by atoms with Crippen molar-refractivity contribution >= 4 is 38.5 Å². The van der Waals surface area contributed by atoms with Crippen molar-refractivity contribution in [3.63, 3.8) is 0 Å². The summed E-state index contributed by atoms with van der Waals surface area (Å²) in [6.07, 6.45) is 1.50. The number of carbonyl (C=O) groups excluding carboxylic acids is 2. The summed E-state index contributed by atoms with van der Waals surface area (Å²) in [5.74, 6) is 0.438. The molecule has 2 aliphatic heterocycles. The number of fused-ring (bicyclic) bond motifs is 1. The molecule has 5 rings (SSSR count). The fourth-order valence-corrected chi connectivity index (χ4v) is 4.97. The summed E-state index contributed by atoms with van der Waals surface area (Å²) < 4.78 is 6.37. The molecule has 8 heteroatoms. The van der Waals surface area contributed by atoms with Crippen molar-refractivity contribution in [2.45, 2.75) is 6.92 Å². The molecule has 2 aromatic heterocycles. The molecule has 0 spiro atoms. The first-order chi connectivity index (χ1) is 14.1. The van der Waals surface area contributed by atoms with Crippen LogP contribution in [0, 0.1) is 12.8 Å². The predicted octanol–water partition coefficient (Wildman–Crippen LogP) is 2.62. The molecular formula is C21H22N4O3S. The van der Waals surface area contributed by atoms with Crippen molar-refractivity contribution in [2.24, 2.45) is 5.92 Å². The minimum absolute atomic E-state index is 0.0103. The second kappa shape index (κ2) is 7.18. The third-order valence-corrected chi connectivity index (χ3v) is 6.72. The average Bonchev–Trinajstić information content (AvgIpc) is 3.36. The molecule has 0 atom stereocenters. The molecule has 0 unspecified atom stereocenters. The molecule has 2 saturated heterocycles. The zero-order valence-electron chi connectivity index (χ0n) is 16.2. The zero-order valence-corrected chi connectivity index (χ0v) is 17.0. The number of amides is 2. The van der Waals surface area contributed by atoms with Gasteiger partial charge in [0.15, 0.2) is 10.9 Å². The summed E-state index contributed by atoms with van der Waals surface area (Å²) in [4.78, 5) is 35.7. The maximum absolute atomic E-state index is 12.8. The van der Waals surface area contributed by atoms with E-state index in [0.717, 1.165) is 10.6 Å². The van der Waals surface area contributed by atoms with E-state index in [1.807, 2.05) is 4.90 Å². The van der Waals surface area contributed by atoms with Crippen LogP contribution in [0.15, 0.2) is 41.0 Å². The van der Waals surface area contributed by atoms with Gasteiger partial charge in [-0.3, -0.25) is 9.59 Å². The normalized spacial score (nSPS) is 17.6. The molecule has 7 nitrogen and oxygen atoms in total. The first kappa shape index (κ1) is 18.2. The number of carbonyl (C=O) groups is 2. The molecule has 2 amide bonds. The molecule has 2 fully saturated rings. The van der Waals surface area contributed by atoms with Crippen molar-refractivity contribution in [3.05, 3.63) is 47.9 Å². The number of furan rings is 1. The van der Waals surface area contributed by atoms with E-state index in [4.69, 9.17) is 9.40 Å². The average molecular weight is 410 g/mol. The van der Waals surface area contributed by atoms with Gasteiger partial charge in [0.1, 0.15) is 0 Å². The van der Waals surface area contributed by atoms with E-state index in [1.165, 1.54) is 16.5 Å².